The Morgan fingerprint density at radius 2 is 1.60 bits per heavy atom. The lowest BCUT2D eigenvalue weighted by atomic mass is 10.2. The largest absolute Gasteiger partial charge is 0.457 e. The Bertz CT molecular complexity index is 1130. The van der Waals surface area contributed by atoms with E-state index in [1.165, 1.54) is 0 Å². The summed E-state index contributed by atoms with van der Waals surface area (Å²) in [5, 5.41) is 1.10. The second-order valence-corrected chi connectivity index (χ2v) is 7.99. The molecule has 2 amide bonds. The molecule has 1 saturated heterocycles. The summed E-state index contributed by atoms with van der Waals surface area (Å²) >= 11 is 6.42. The third-order valence-electron chi connectivity index (χ3n) is 4.18. The van der Waals surface area contributed by atoms with Crippen LogP contribution in [0.1, 0.15) is 15.9 Å². The Kier molecular flexibility index (Phi) is 5.92. The fraction of sp³-hybridized carbons (Fsp3) is 0. The van der Waals surface area contributed by atoms with E-state index in [0.717, 1.165) is 28.1 Å². The molecule has 0 bridgehead atoms. The molecule has 30 heavy (non-hydrogen) atoms. The lowest BCUT2D eigenvalue weighted by molar-refractivity contribution is -0.123. The molecule has 0 aromatic heterocycles. The molecule has 3 aromatic carbocycles. The lowest BCUT2D eigenvalue weighted by Crippen LogP contribution is -2.44. The summed E-state index contributed by atoms with van der Waals surface area (Å²) < 4.78 is 6.11. The second kappa shape index (κ2) is 8.94. The number of thiocarbonyl (C=S) groups is 1. The van der Waals surface area contributed by atoms with E-state index >= 15 is 0 Å². The molecule has 0 spiro atoms. The second-order valence-electron chi connectivity index (χ2n) is 6.31. The Morgan fingerprint density at radius 3 is 2.33 bits per heavy atom. The van der Waals surface area contributed by atoms with Gasteiger partial charge in [-0.1, -0.05) is 60.3 Å². The van der Waals surface area contributed by atoms with E-state index in [1.54, 1.807) is 30.3 Å². The number of rotatable bonds is 5. The van der Waals surface area contributed by atoms with Crippen molar-refractivity contribution in [3.63, 3.8) is 0 Å². The SMILES string of the molecule is O=C(NN1C(=O)/C(=C\c2cccc(Oc3ccccc3)c2)SC1=S)c1ccccc1. The van der Waals surface area contributed by atoms with Gasteiger partial charge in [-0.05, 0) is 60.3 Å². The highest BCUT2D eigenvalue weighted by Crippen LogP contribution is 2.32. The van der Waals surface area contributed by atoms with Gasteiger partial charge in [-0.15, -0.1) is 0 Å². The molecule has 1 N–H and O–H groups in total. The lowest BCUT2D eigenvalue weighted by Gasteiger charge is -2.15. The van der Waals surface area contributed by atoms with Gasteiger partial charge in [0.15, 0.2) is 4.32 Å². The minimum atomic E-state index is -0.397. The number of amides is 2. The number of benzene rings is 3. The van der Waals surface area contributed by atoms with Crippen molar-refractivity contribution in [2.24, 2.45) is 0 Å². The highest BCUT2D eigenvalue weighted by molar-refractivity contribution is 8.26. The van der Waals surface area contributed by atoms with Crippen LogP contribution in [0.25, 0.3) is 6.08 Å². The number of hydrazine groups is 1. The van der Waals surface area contributed by atoms with Gasteiger partial charge in [-0.2, -0.15) is 5.01 Å². The van der Waals surface area contributed by atoms with Crippen molar-refractivity contribution in [3.8, 4) is 11.5 Å². The maximum Gasteiger partial charge on any atom is 0.285 e. The smallest absolute Gasteiger partial charge is 0.285 e. The van der Waals surface area contributed by atoms with Crippen molar-refractivity contribution in [1.82, 2.24) is 10.4 Å². The molecule has 1 fully saturated rings. The van der Waals surface area contributed by atoms with Crippen molar-refractivity contribution in [2.45, 2.75) is 0 Å². The Labute approximate surface area is 183 Å². The van der Waals surface area contributed by atoms with Gasteiger partial charge in [0.2, 0.25) is 0 Å². The van der Waals surface area contributed by atoms with Crippen LogP contribution in [0.4, 0.5) is 0 Å². The van der Waals surface area contributed by atoms with Gasteiger partial charge in [0, 0.05) is 5.56 Å². The van der Waals surface area contributed by atoms with Gasteiger partial charge in [0.05, 0.1) is 4.91 Å². The van der Waals surface area contributed by atoms with E-state index in [9.17, 15) is 9.59 Å². The van der Waals surface area contributed by atoms with E-state index in [1.807, 2.05) is 60.7 Å². The van der Waals surface area contributed by atoms with Crippen molar-refractivity contribution in [1.29, 1.82) is 0 Å². The van der Waals surface area contributed by atoms with Crippen molar-refractivity contribution >= 4 is 46.2 Å². The average molecular weight is 433 g/mol. The van der Waals surface area contributed by atoms with Crippen LogP contribution in [0.5, 0.6) is 11.5 Å². The molecule has 0 unspecified atom stereocenters. The number of carbonyl (C=O) groups is 2. The monoisotopic (exact) mass is 432 g/mol. The first kappa shape index (κ1) is 19.9. The third-order valence-corrected chi connectivity index (χ3v) is 5.48. The highest BCUT2D eigenvalue weighted by atomic mass is 32.2. The van der Waals surface area contributed by atoms with Crippen molar-refractivity contribution < 1.29 is 14.3 Å². The maximum atomic E-state index is 12.8. The van der Waals surface area contributed by atoms with Crippen molar-refractivity contribution in [2.75, 3.05) is 0 Å². The molecule has 1 aliphatic heterocycles. The van der Waals surface area contributed by atoms with E-state index < -0.39 is 5.91 Å². The molecule has 3 aromatic rings. The van der Waals surface area contributed by atoms with Gasteiger partial charge in [-0.25, -0.2) is 0 Å². The normalized spacial score (nSPS) is 14.8. The Balaban J connectivity index is 1.49. The minimum Gasteiger partial charge on any atom is -0.457 e. The van der Waals surface area contributed by atoms with Crippen LogP contribution in [0.3, 0.4) is 0 Å². The standard InChI is InChI=1S/C23H16N2O3S2/c26-21(17-9-3-1-4-10-17)24-25-22(27)20(30-23(25)29)15-16-8-7-13-19(14-16)28-18-11-5-2-6-12-18/h1-15H,(H,24,26)/b20-15+. The average Bonchev–Trinajstić information content (AvgIpc) is 3.02. The number of ether oxygens (including phenoxy) is 1. The molecule has 0 aliphatic carbocycles. The zero-order valence-electron chi connectivity index (χ0n) is 15.6. The first-order valence-corrected chi connectivity index (χ1v) is 10.3. The zero-order chi connectivity index (χ0) is 20.9. The third kappa shape index (κ3) is 4.59. The number of para-hydroxylation sites is 1. The summed E-state index contributed by atoms with van der Waals surface area (Å²) in [4.78, 5) is 25.6. The molecular weight excluding hydrogens is 416 g/mol. The first-order valence-electron chi connectivity index (χ1n) is 9.07. The summed E-state index contributed by atoms with van der Waals surface area (Å²) in [6.45, 7) is 0. The predicted molar refractivity (Wildman–Crippen MR) is 122 cm³/mol. The maximum absolute atomic E-state index is 12.8. The van der Waals surface area contributed by atoms with E-state index in [0.29, 0.717) is 16.2 Å². The minimum absolute atomic E-state index is 0.271. The molecule has 148 valence electrons. The first-order chi connectivity index (χ1) is 14.6. The Morgan fingerprint density at radius 1 is 0.933 bits per heavy atom. The summed E-state index contributed by atoms with van der Waals surface area (Å²) in [6.07, 6.45) is 1.73. The van der Waals surface area contributed by atoms with Gasteiger partial charge < -0.3 is 4.74 Å². The molecule has 5 nitrogen and oxygen atoms in total. The topological polar surface area (TPSA) is 58.6 Å². The van der Waals surface area contributed by atoms with E-state index in [2.05, 4.69) is 5.43 Å². The van der Waals surface area contributed by atoms with Crippen LogP contribution in [-0.2, 0) is 4.79 Å². The molecule has 4 rings (SSSR count). The van der Waals surface area contributed by atoms with Crippen LogP contribution in [0.2, 0.25) is 0 Å². The van der Waals surface area contributed by atoms with Gasteiger partial charge in [0.25, 0.3) is 11.8 Å². The fourth-order valence-electron chi connectivity index (χ4n) is 2.76. The summed E-state index contributed by atoms with van der Waals surface area (Å²) in [5.41, 5.74) is 3.81. The fourth-order valence-corrected chi connectivity index (χ4v) is 3.94. The summed E-state index contributed by atoms with van der Waals surface area (Å²) in [5.74, 6) is 0.613. The quantitative estimate of drug-likeness (QED) is 0.453. The van der Waals surface area contributed by atoms with Crippen LogP contribution < -0.4 is 10.2 Å². The number of carbonyl (C=O) groups excluding carboxylic acids is 2. The predicted octanol–water partition coefficient (Wildman–Crippen LogP) is 5.03. The molecule has 0 radical (unpaired) electrons. The summed E-state index contributed by atoms with van der Waals surface area (Å²) in [6, 6.07) is 25.5. The number of hydrogen-bond acceptors (Lipinski definition) is 5. The number of nitrogens with one attached hydrogen (secondary N) is 1. The van der Waals surface area contributed by atoms with E-state index in [-0.39, 0.29) is 10.2 Å². The molecule has 7 heteroatoms. The van der Waals surface area contributed by atoms with E-state index in [4.69, 9.17) is 17.0 Å². The Hall–Kier alpha value is -3.42. The molecule has 0 atom stereocenters. The molecular formula is C23H16N2O3S2. The van der Waals surface area contributed by atoms with Crippen LogP contribution in [0, 0.1) is 0 Å². The van der Waals surface area contributed by atoms with Crippen LogP contribution >= 0.6 is 24.0 Å². The van der Waals surface area contributed by atoms with Gasteiger partial charge in [-0.3, -0.25) is 15.0 Å². The van der Waals surface area contributed by atoms with Crippen LogP contribution in [0.15, 0.2) is 89.8 Å². The molecule has 1 heterocycles. The highest BCUT2D eigenvalue weighted by Gasteiger charge is 2.33. The summed E-state index contributed by atoms with van der Waals surface area (Å²) in [7, 11) is 0. The number of nitrogens with zero attached hydrogens (tertiary/aromatic N) is 1. The van der Waals surface area contributed by atoms with Crippen molar-refractivity contribution in [3.05, 3.63) is 101 Å². The van der Waals surface area contributed by atoms with Gasteiger partial charge in [0.1, 0.15) is 11.5 Å². The van der Waals surface area contributed by atoms with Crippen LogP contribution in [-0.4, -0.2) is 21.1 Å². The number of thioether (sulfide) groups is 1. The van der Waals surface area contributed by atoms with Gasteiger partial charge >= 0.3 is 0 Å². The molecule has 1 aliphatic rings. The number of hydrogen-bond donors (Lipinski definition) is 1. The zero-order valence-corrected chi connectivity index (χ0v) is 17.3. The molecule has 0 saturated carbocycles.